The molecule has 182 valence electrons. The molecule has 0 amide bonds. The summed E-state index contributed by atoms with van der Waals surface area (Å²) in [5, 5.41) is 2.40. The molecule has 0 aliphatic heterocycles. The summed E-state index contributed by atoms with van der Waals surface area (Å²) in [6, 6.07) is 23.7. The summed E-state index contributed by atoms with van der Waals surface area (Å²) in [6.07, 6.45) is 5.71. The lowest BCUT2D eigenvalue weighted by Gasteiger charge is -2.43. The number of fused-ring (bicyclic) bond motifs is 2. The molecule has 0 aliphatic rings. The lowest BCUT2D eigenvalue weighted by atomic mass is 9.60. The molecular weight excluding hydrogens is 438 g/mol. The molecular formula is C33H35N3. The van der Waals surface area contributed by atoms with Crippen molar-refractivity contribution < 1.29 is 0 Å². The average Bonchev–Trinajstić information content (AvgIpc) is 2.87. The maximum absolute atomic E-state index is 5.04. The molecule has 3 nitrogen and oxygen atoms in total. The Morgan fingerprint density at radius 3 is 2.00 bits per heavy atom. The van der Waals surface area contributed by atoms with Gasteiger partial charge in [0.1, 0.15) is 0 Å². The number of hydrogen-bond donors (Lipinski definition) is 0. The number of pyridine rings is 3. The van der Waals surface area contributed by atoms with Gasteiger partial charge < -0.3 is 0 Å². The minimum absolute atomic E-state index is 0.0160. The van der Waals surface area contributed by atoms with Gasteiger partial charge in [-0.2, -0.15) is 0 Å². The summed E-state index contributed by atoms with van der Waals surface area (Å²) < 4.78 is 0. The van der Waals surface area contributed by atoms with Gasteiger partial charge in [-0.1, -0.05) is 78.8 Å². The standard InChI is InChI=1S/C33H35N3/c1-31(2,3)27-21-29(36-28-11-9-8-10-24(27)28)22-12-13-25-26(16-19-35-30(25)20-22)33(6,7)32(4,5)23-14-17-34-18-15-23/h8-21H,1-7H3. The van der Waals surface area contributed by atoms with E-state index in [1.807, 2.05) is 18.6 Å². The molecule has 0 saturated heterocycles. The van der Waals surface area contributed by atoms with E-state index in [1.165, 1.54) is 27.5 Å². The van der Waals surface area contributed by atoms with Gasteiger partial charge in [0.15, 0.2) is 0 Å². The van der Waals surface area contributed by atoms with E-state index in [1.54, 1.807) is 0 Å². The van der Waals surface area contributed by atoms with Gasteiger partial charge in [0.25, 0.3) is 0 Å². The molecule has 3 heterocycles. The minimum atomic E-state index is -0.141. The van der Waals surface area contributed by atoms with Crippen LogP contribution in [0.3, 0.4) is 0 Å². The Kier molecular flexibility index (Phi) is 5.70. The van der Waals surface area contributed by atoms with Gasteiger partial charge in [0.2, 0.25) is 0 Å². The van der Waals surface area contributed by atoms with E-state index >= 15 is 0 Å². The van der Waals surface area contributed by atoms with Crippen LogP contribution in [0.15, 0.2) is 85.3 Å². The van der Waals surface area contributed by atoms with Crippen molar-refractivity contribution in [3.63, 3.8) is 0 Å². The maximum atomic E-state index is 5.04. The quantitative estimate of drug-likeness (QED) is 0.263. The Balaban J connectivity index is 1.65. The van der Waals surface area contributed by atoms with E-state index < -0.39 is 0 Å². The van der Waals surface area contributed by atoms with E-state index in [0.717, 1.165) is 22.3 Å². The van der Waals surface area contributed by atoms with Gasteiger partial charge in [0, 0.05) is 34.9 Å². The molecule has 0 atom stereocenters. The van der Waals surface area contributed by atoms with Crippen LogP contribution < -0.4 is 0 Å². The van der Waals surface area contributed by atoms with Crippen LogP contribution in [-0.2, 0) is 16.2 Å². The number of rotatable bonds is 4. The summed E-state index contributed by atoms with van der Waals surface area (Å²) >= 11 is 0. The Bertz CT molecular complexity index is 1560. The molecule has 3 aromatic heterocycles. The maximum Gasteiger partial charge on any atom is 0.0713 e. The number of para-hydroxylation sites is 1. The van der Waals surface area contributed by atoms with Crippen LogP contribution >= 0.6 is 0 Å². The van der Waals surface area contributed by atoms with Gasteiger partial charge in [-0.25, -0.2) is 4.98 Å². The molecule has 0 radical (unpaired) electrons. The first-order valence-electron chi connectivity index (χ1n) is 12.7. The van der Waals surface area contributed by atoms with Gasteiger partial charge in [-0.05, 0) is 69.3 Å². The predicted molar refractivity (Wildman–Crippen MR) is 151 cm³/mol. The van der Waals surface area contributed by atoms with Crippen LogP contribution in [0.5, 0.6) is 0 Å². The molecule has 0 saturated carbocycles. The monoisotopic (exact) mass is 473 g/mol. The van der Waals surface area contributed by atoms with E-state index in [2.05, 4.69) is 120 Å². The molecule has 0 unspecified atom stereocenters. The second kappa shape index (κ2) is 8.51. The second-order valence-electron chi connectivity index (χ2n) is 11.9. The molecule has 36 heavy (non-hydrogen) atoms. The highest BCUT2D eigenvalue weighted by atomic mass is 14.7. The van der Waals surface area contributed by atoms with Gasteiger partial charge in [-0.15, -0.1) is 0 Å². The van der Waals surface area contributed by atoms with E-state index in [0.29, 0.717) is 0 Å². The first-order chi connectivity index (χ1) is 17.0. The lowest BCUT2D eigenvalue weighted by molar-refractivity contribution is 0.305. The first kappa shape index (κ1) is 24.1. The number of aromatic nitrogens is 3. The fourth-order valence-electron chi connectivity index (χ4n) is 5.26. The fraction of sp³-hybridized carbons (Fsp3) is 0.303. The number of nitrogens with zero attached hydrogens (tertiary/aromatic N) is 3. The molecule has 0 fully saturated rings. The summed E-state index contributed by atoms with van der Waals surface area (Å²) in [4.78, 5) is 14.1. The Morgan fingerprint density at radius 2 is 1.28 bits per heavy atom. The zero-order valence-corrected chi connectivity index (χ0v) is 22.4. The zero-order chi connectivity index (χ0) is 25.7. The van der Waals surface area contributed by atoms with Crippen LogP contribution in [0.4, 0.5) is 0 Å². The fourth-order valence-corrected chi connectivity index (χ4v) is 5.26. The normalized spacial score (nSPS) is 12.9. The summed E-state index contributed by atoms with van der Waals surface area (Å²) in [6.45, 7) is 16.1. The highest BCUT2D eigenvalue weighted by Gasteiger charge is 2.40. The molecule has 5 rings (SSSR count). The van der Waals surface area contributed by atoms with E-state index in [4.69, 9.17) is 9.97 Å². The predicted octanol–water partition coefficient (Wildman–Crippen LogP) is 8.40. The Labute approximate surface area is 214 Å². The molecule has 2 aromatic carbocycles. The number of benzene rings is 2. The van der Waals surface area contributed by atoms with Gasteiger partial charge in [0.05, 0.1) is 16.7 Å². The molecule has 0 N–H and O–H groups in total. The third kappa shape index (κ3) is 3.97. The van der Waals surface area contributed by atoms with Crippen LogP contribution in [0, 0.1) is 0 Å². The average molecular weight is 474 g/mol. The molecule has 5 aromatic rings. The molecule has 0 bridgehead atoms. The van der Waals surface area contributed by atoms with Crippen molar-refractivity contribution in [2.45, 2.75) is 64.7 Å². The highest BCUT2D eigenvalue weighted by molar-refractivity contribution is 5.90. The van der Waals surface area contributed by atoms with Crippen molar-refractivity contribution in [1.29, 1.82) is 0 Å². The SMILES string of the molecule is CC(C)(C)c1cc(-c2ccc3c(C(C)(C)C(C)(C)c4ccncc4)ccnc3c2)nc2ccccc12. The Morgan fingerprint density at radius 1 is 0.583 bits per heavy atom. The Hall–Kier alpha value is -3.59. The van der Waals surface area contributed by atoms with Crippen molar-refractivity contribution in [3.8, 4) is 11.3 Å². The van der Waals surface area contributed by atoms with E-state index in [-0.39, 0.29) is 16.2 Å². The van der Waals surface area contributed by atoms with Crippen molar-refractivity contribution in [3.05, 3.63) is 102 Å². The smallest absolute Gasteiger partial charge is 0.0713 e. The van der Waals surface area contributed by atoms with Crippen molar-refractivity contribution in [2.75, 3.05) is 0 Å². The third-order valence-electron chi connectivity index (χ3n) is 8.20. The van der Waals surface area contributed by atoms with Gasteiger partial charge in [-0.3, -0.25) is 9.97 Å². The number of hydrogen-bond acceptors (Lipinski definition) is 3. The zero-order valence-electron chi connectivity index (χ0n) is 22.4. The van der Waals surface area contributed by atoms with E-state index in [9.17, 15) is 0 Å². The molecule has 0 aliphatic carbocycles. The lowest BCUT2D eigenvalue weighted by Crippen LogP contribution is -2.40. The van der Waals surface area contributed by atoms with Gasteiger partial charge >= 0.3 is 0 Å². The molecule has 0 spiro atoms. The molecule has 3 heteroatoms. The third-order valence-corrected chi connectivity index (χ3v) is 8.20. The minimum Gasteiger partial charge on any atom is -0.265 e. The van der Waals surface area contributed by atoms with Crippen molar-refractivity contribution >= 4 is 21.8 Å². The van der Waals surface area contributed by atoms with Crippen LogP contribution in [0.1, 0.15) is 65.2 Å². The van der Waals surface area contributed by atoms with Crippen LogP contribution in [-0.4, -0.2) is 15.0 Å². The second-order valence-corrected chi connectivity index (χ2v) is 11.9. The summed E-state index contributed by atoms with van der Waals surface area (Å²) in [7, 11) is 0. The van der Waals surface area contributed by atoms with Crippen LogP contribution in [0.25, 0.3) is 33.1 Å². The first-order valence-corrected chi connectivity index (χ1v) is 12.7. The van der Waals surface area contributed by atoms with Crippen molar-refractivity contribution in [2.24, 2.45) is 0 Å². The van der Waals surface area contributed by atoms with Crippen LogP contribution in [0.2, 0.25) is 0 Å². The summed E-state index contributed by atoms with van der Waals surface area (Å²) in [5.41, 5.74) is 7.76. The van der Waals surface area contributed by atoms with Crippen molar-refractivity contribution in [1.82, 2.24) is 15.0 Å². The summed E-state index contributed by atoms with van der Waals surface area (Å²) in [5.74, 6) is 0. The highest BCUT2D eigenvalue weighted by Crippen LogP contribution is 2.45. The topological polar surface area (TPSA) is 38.7 Å². The largest absolute Gasteiger partial charge is 0.265 e.